The van der Waals surface area contributed by atoms with Crippen LogP contribution in [0.3, 0.4) is 0 Å². The molecule has 1 heterocycles. The zero-order valence-electron chi connectivity index (χ0n) is 15.0. The van der Waals surface area contributed by atoms with Crippen molar-refractivity contribution in [2.45, 2.75) is 18.9 Å². The smallest absolute Gasteiger partial charge is 0.257 e. The Morgan fingerprint density at radius 1 is 1.15 bits per heavy atom. The molecule has 1 N–H and O–H groups in total. The minimum atomic E-state index is -0.263. The molecule has 0 spiro atoms. The number of carbonyl (C=O) groups is 1. The SMILES string of the molecule is COc1ccc(OC)c(C(=O)N2CCC[C@@H](Nc3ccc(F)cc3)C2)c1. The molecule has 0 aliphatic carbocycles. The normalized spacial score (nSPS) is 16.9. The molecule has 138 valence electrons. The summed E-state index contributed by atoms with van der Waals surface area (Å²) in [5, 5.41) is 3.38. The number of likely N-dealkylation sites (tertiary alicyclic amines) is 1. The number of benzene rings is 2. The van der Waals surface area contributed by atoms with Crippen molar-refractivity contribution < 1.29 is 18.7 Å². The molecule has 5 nitrogen and oxygen atoms in total. The summed E-state index contributed by atoms with van der Waals surface area (Å²) in [6.07, 6.45) is 1.85. The second-order valence-electron chi connectivity index (χ2n) is 6.31. The highest BCUT2D eigenvalue weighted by Gasteiger charge is 2.26. The number of hydrogen-bond acceptors (Lipinski definition) is 4. The molecule has 0 aromatic heterocycles. The van der Waals surface area contributed by atoms with Crippen molar-refractivity contribution in [1.82, 2.24) is 4.90 Å². The fraction of sp³-hybridized carbons (Fsp3) is 0.350. The number of ether oxygens (including phenoxy) is 2. The summed E-state index contributed by atoms with van der Waals surface area (Å²) in [7, 11) is 3.12. The summed E-state index contributed by atoms with van der Waals surface area (Å²) in [4.78, 5) is 14.8. The largest absolute Gasteiger partial charge is 0.497 e. The first kappa shape index (κ1) is 18.0. The Balaban J connectivity index is 1.72. The molecule has 6 heteroatoms. The third-order valence-electron chi connectivity index (χ3n) is 4.56. The van der Waals surface area contributed by atoms with Gasteiger partial charge in [0, 0.05) is 24.8 Å². The molecule has 0 unspecified atom stereocenters. The van der Waals surface area contributed by atoms with Crippen LogP contribution in [-0.2, 0) is 0 Å². The quantitative estimate of drug-likeness (QED) is 0.888. The minimum Gasteiger partial charge on any atom is -0.497 e. The lowest BCUT2D eigenvalue weighted by atomic mass is 10.0. The van der Waals surface area contributed by atoms with E-state index < -0.39 is 0 Å². The second kappa shape index (κ2) is 8.08. The lowest BCUT2D eigenvalue weighted by Gasteiger charge is -2.34. The van der Waals surface area contributed by atoms with Gasteiger partial charge in [0.2, 0.25) is 0 Å². The Bertz CT molecular complexity index is 764. The lowest BCUT2D eigenvalue weighted by molar-refractivity contribution is 0.0711. The number of anilines is 1. The topological polar surface area (TPSA) is 50.8 Å². The van der Waals surface area contributed by atoms with Crippen LogP contribution < -0.4 is 14.8 Å². The van der Waals surface area contributed by atoms with E-state index in [9.17, 15) is 9.18 Å². The molecule has 0 radical (unpaired) electrons. The molecule has 0 bridgehead atoms. The van der Waals surface area contributed by atoms with E-state index >= 15 is 0 Å². The molecule has 1 fully saturated rings. The van der Waals surface area contributed by atoms with Crippen molar-refractivity contribution in [3.05, 3.63) is 53.8 Å². The fourth-order valence-electron chi connectivity index (χ4n) is 3.21. The van der Waals surface area contributed by atoms with Gasteiger partial charge in [-0.3, -0.25) is 4.79 Å². The zero-order valence-corrected chi connectivity index (χ0v) is 15.0. The summed E-state index contributed by atoms with van der Waals surface area (Å²) in [6.45, 7) is 1.28. The number of nitrogens with one attached hydrogen (secondary N) is 1. The van der Waals surface area contributed by atoms with Crippen LogP contribution in [-0.4, -0.2) is 44.2 Å². The predicted molar refractivity (Wildman–Crippen MR) is 98.5 cm³/mol. The number of piperidine rings is 1. The summed E-state index contributed by atoms with van der Waals surface area (Å²) < 4.78 is 23.6. The molecule has 1 saturated heterocycles. The van der Waals surface area contributed by atoms with E-state index in [0.717, 1.165) is 18.5 Å². The summed E-state index contributed by atoms with van der Waals surface area (Å²) in [5.41, 5.74) is 1.35. The Labute approximate surface area is 152 Å². The van der Waals surface area contributed by atoms with E-state index in [1.807, 2.05) is 4.90 Å². The first-order valence-electron chi connectivity index (χ1n) is 8.64. The highest BCUT2D eigenvalue weighted by molar-refractivity contribution is 5.97. The molecule has 1 aliphatic heterocycles. The van der Waals surface area contributed by atoms with Gasteiger partial charge in [0.25, 0.3) is 5.91 Å². The maximum Gasteiger partial charge on any atom is 0.257 e. The van der Waals surface area contributed by atoms with Gasteiger partial charge in [-0.25, -0.2) is 4.39 Å². The molecular formula is C20H23FN2O3. The van der Waals surface area contributed by atoms with Crippen LogP contribution in [0.1, 0.15) is 23.2 Å². The van der Waals surface area contributed by atoms with Crippen molar-refractivity contribution in [3.63, 3.8) is 0 Å². The molecular weight excluding hydrogens is 335 g/mol. The summed E-state index contributed by atoms with van der Waals surface area (Å²) in [6, 6.07) is 11.6. The monoisotopic (exact) mass is 358 g/mol. The molecule has 2 aromatic carbocycles. The average molecular weight is 358 g/mol. The van der Waals surface area contributed by atoms with E-state index in [2.05, 4.69) is 5.32 Å². The van der Waals surface area contributed by atoms with Gasteiger partial charge in [-0.15, -0.1) is 0 Å². The fourth-order valence-corrected chi connectivity index (χ4v) is 3.21. The molecule has 26 heavy (non-hydrogen) atoms. The molecule has 1 amide bonds. The van der Waals surface area contributed by atoms with Crippen LogP contribution in [0.25, 0.3) is 0 Å². The van der Waals surface area contributed by atoms with Gasteiger partial charge < -0.3 is 19.7 Å². The van der Waals surface area contributed by atoms with Gasteiger partial charge in [0.15, 0.2) is 0 Å². The highest BCUT2D eigenvalue weighted by atomic mass is 19.1. The zero-order chi connectivity index (χ0) is 18.5. The van der Waals surface area contributed by atoms with Gasteiger partial charge in [0.1, 0.15) is 17.3 Å². The molecule has 0 saturated carbocycles. The molecule has 1 atom stereocenters. The Kier molecular flexibility index (Phi) is 5.61. The van der Waals surface area contributed by atoms with Crippen LogP contribution >= 0.6 is 0 Å². The number of halogens is 1. The van der Waals surface area contributed by atoms with Gasteiger partial charge in [0.05, 0.1) is 19.8 Å². The van der Waals surface area contributed by atoms with Crippen molar-refractivity contribution in [3.8, 4) is 11.5 Å². The Morgan fingerprint density at radius 2 is 1.92 bits per heavy atom. The number of carbonyl (C=O) groups excluding carboxylic acids is 1. The van der Waals surface area contributed by atoms with Gasteiger partial charge >= 0.3 is 0 Å². The lowest BCUT2D eigenvalue weighted by Crippen LogP contribution is -2.45. The van der Waals surface area contributed by atoms with Crippen molar-refractivity contribution in [2.24, 2.45) is 0 Å². The number of rotatable bonds is 5. The predicted octanol–water partition coefficient (Wildman–Crippen LogP) is 3.56. The standard InChI is InChI=1S/C20H23FN2O3/c1-25-17-9-10-19(26-2)18(12-17)20(24)23-11-3-4-16(13-23)22-15-7-5-14(21)6-8-15/h5-10,12,16,22H,3-4,11,13H2,1-2H3/t16-/m1/s1. The van der Waals surface area contributed by atoms with Gasteiger partial charge in [-0.2, -0.15) is 0 Å². The minimum absolute atomic E-state index is 0.0774. The first-order valence-corrected chi connectivity index (χ1v) is 8.64. The van der Waals surface area contributed by atoms with E-state index in [0.29, 0.717) is 30.2 Å². The molecule has 1 aliphatic rings. The molecule has 3 rings (SSSR count). The van der Waals surface area contributed by atoms with Crippen LogP contribution in [0.4, 0.5) is 10.1 Å². The van der Waals surface area contributed by atoms with Crippen molar-refractivity contribution in [1.29, 1.82) is 0 Å². The number of amides is 1. The molecule has 2 aromatic rings. The van der Waals surface area contributed by atoms with Gasteiger partial charge in [-0.05, 0) is 55.3 Å². The van der Waals surface area contributed by atoms with Gasteiger partial charge in [-0.1, -0.05) is 0 Å². The Hall–Kier alpha value is -2.76. The average Bonchev–Trinajstić information content (AvgIpc) is 2.69. The number of methoxy groups -OCH3 is 2. The van der Waals surface area contributed by atoms with Crippen LogP contribution in [0.15, 0.2) is 42.5 Å². The summed E-state index contributed by atoms with van der Waals surface area (Å²) in [5.74, 6) is 0.809. The van der Waals surface area contributed by atoms with Crippen LogP contribution in [0, 0.1) is 5.82 Å². The summed E-state index contributed by atoms with van der Waals surface area (Å²) >= 11 is 0. The van der Waals surface area contributed by atoms with Crippen molar-refractivity contribution in [2.75, 3.05) is 32.6 Å². The Morgan fingerprint density at radius 3 is 2.62 bits per heavy atom. The van der Waals surface area contributed by atoms with E-state index in [1.165, 1.54) is 12.1 Å². The number of nitrogens with zero attached hydrogens (tertiary/aromatic N) is 1. The second-order valence-corrected chi connectivity index (χ2v) is 6.31. The maximum absolute atomic E-state index is 13.1. The highest BCUT2D eigenvalue weighted by Crippen LogP contribution is 2.27. The van der Waals surface area contributed by atoms with E-state index in [-0.39, 0.29) is 17.8 Å². The van der Waals surface area contributed by atoms with E-state index in [1.54, 1.807) is 44.6 Å². The number of hydrogen-bond donors (Lipinski definition) is 1. The third-order valence-corrected chi connectivity index (χ3v) is 4.56. The van der Waals surface area contributed by atoms with Crippen LogP contribution in [0.2, 0.25) is 0 Å². The first-order chi connectivity index (χ1) is 12.6. The maximum atomic E-state index is 13.1. The van der Waals surface area contributed by atoms with Crippen LogP contribution in [0.5, 0.6) is 11.5 Å². The van der Waals surface area contributed by atoms with Crippen molar-refractivity contribution >= 4 is 11.6 Å². The van der Waals surface area contributed by atoms with E-state index in [4.69, 9.17) is 9.47 Å². The third kappa shape index (κ3) is 4.07.